The van der Waals surface area contributed by atoms with E-state index in [1.807, 2.05) is 0 Å². The first-order valence-electron chi connectivity index (χ1n) is 4.82. The summed E-state index contributed by atoms with van der Waals surface area (Å²) in [5, 5.41) is 0. The number of hydrogen-bond acceptors (Lipinski definition) is 2. The molecule has 0 bridgehead atoms. The molecule has 12 heavy (non-hydrogen) atoms. The molecule has 0 aromatic carbocycles. The van der Waals surface area contributed by atoms with E-state index in [0.717, 1.165) is 13.1 Å². The van der Waals surface area contributed by atoms with E-state index in [0.29, 0.717) is 6.04 Å². The monoisotopic (exact) mass is 168 g/mol. The van der Waals surface area contributed by atoms with E-state index in [-0.39, 0.29) is 0 Å². The Morgan fingerprint density at radius 2 is 2.42 bits per heavy atom. The molecule has 1 aliphatic heterocycles. The molecule has 0 radical (unpaired) electrons. The molecule has 0 aliphatic carbocycles. The normalized spacial score (nSPS) is 27.6. The average molecular weight is 168 g/mol. The third-order valence-corrected chi connectivity index (χ3v) is 2.51. The Morgan fingerprint density at radius 1 is 1.67 bits per heavy atom. The summed E-state index contributed by atoms with van der Waals surface area (Å²) in [5.74, 6) is 0. The van der Waals surface area contributed by atoms with Crippen molar-refractivity contribution >= 4 is 0 Å². The first-order chi connectivity index (χ1) is 5.72. The summed E-state index contributed by atoms with van der Waals surface area (Å²) in [4.78, 5) is 2.45. The molecule has 70 valence electrons. The lowest BCUT2D eigenvalue weighted by Crippen LogP contribution is -2.43. The highest BCUT2D eigenvalue weighted by molar-refractivity contribution is 4.99. The van der Waals surface area contributed by atoms with E-state index in [2.05, 4.69) is 24.8 Å². The third kappa shape index (κ3) is 2.95. The van der Waals surface area contributed by atoms with E-state index in [1.165, 1.54) is 25.0 Å². The summed E-state index contributed by atoms with van der Waals surface area (Å²) in [6, 6.07) is 0.406. The van der Waals surface area contributed by atoms with Gasteiger partial charge in [-0.25, -0.2) is 0 Å². The molecule has 0 saturated carbocycles. The van der Waals surface area contributed by atoms with Gasteiger partial charge in [-0.15, -0.1) is 0 Å². The van der Waals surface area contributed by atoms with Gasteiger partial charge in [0.15, 0.2) is 0 Å². The molecule has 1 fully saturated rings. The van der Waals surface area contributed by atoms with Crippen LogP contribution in [0.3, 0.4) is 0 Å². The molecular weight excluding hydrogens is 148 g/mol. The highest BCUT2D eigenvalue weighted by atomic mass is 15.1. The van der Waals surface area contributed by atoms with Crippen LogP contribution in [-0.2, 0) is 0 Å². The minimum atomic E-state index is 0.406. The second kappa shape index (κ2) is 4.63. The Labute approximate surface area is 75.4 Å². The smallest absolute Gasteiger partial charge is 0.0190 e. The van der Waals surface area contributed by atoms with Gasteiger partial charge in [-0.1, -0.05) is 11.6 Å². The molecule has 0 aromatic rings. The first kappa shape index (κ1) is 9.75. The lowest BCUT2D eigenvalue weighted by atomic mass is 10.1. The highest BCUT2D eigenvalue weighted by Gasteiger charge is 2.15. The van der Waals surface area contributed by atoms with Crippen LogP contribution in [0.4, 0.5) is 0 Å². The fourth-order valence-corrected chi connectivity index (χ4v) is 1.68. The largest absolute Gasteiger partial charge is 0.327 e. The number of nitrogens with zero attached hydrogens (tertiary/aromatic N) is 1. The van der Waals surface area contributed by atoms with Gasteiger partial charge in [0.05, 0.1) is 0 Å². The van der Waals surface area contributed by atoms with Gasteiger partial charge in [0.1, 0.15) is 0 Å². The van der Waals surface area contributed by atoms with Gasteiger partial charge < -0.3 is 5.73 Å². The minimum Gasteiger partial charge on any atom is -0.327 e. The van der Waals surface area contributed by atoms with Crippen molar-refractivity contribution in [2.75, 3.05) is 19.6 Å². The number of allylic oxidation sites excluding steroid dienone is 1. The minimum absolute atomic E-state index is 0.406. The van der Waals surface area contributed by atoms with Gasteiger partial charge in [0.25, 0.3) is 0 Å². The van der Waals surface area contributed by atoms with Crippen molar-refractivity contribution in [1.29, 1.82) is 0 Å². The molecule has 2 nitrogen and oxygen atoms in total. The van der Waals surface area contributed by atoms with Crippen molar-refractivity contribution in [3.05, 3.63) is 11.6 Å². The summed E-state index contributed by atoms with van der Waals surface area (Å²) in [5.41, 5.74) is 7.33. The Balaban J connectivity index is 2.32. The van der Waals surface area contributed by atoms with E-state index in [1.54, 1.807) is 0 Å². The molecule has 2 N–H and O–H groups in total. The molecule has 2 heteroatoms. The van der Waals surface area contributed by atoms with E-state index in [4.69, 9.17) is 5.73 Å². The van der Waals surface area contributed by atoms with Crippen molar-refractivity contribution in [2.24, 2.45) is 5.73 Å². The van der Waals surface area contributed by atoms with Crippen LogP contribution >= 0.6 is 0 Å². The van der Waals surface area contributed by atoms with Gasteiger partial charge in [-0.3, -0.25) is 4.90 Å². The van der Waals surface area contributed by atoms with Gasteiger partial charge in [0.2, 0.25) is 0 Å². The summed E-state index contributed by atoms with van der Waals surface area (Å²) < 4.78 is 0. The number of rotatable bonds is 2. The first-order valence-corrected chi connectivity index (χ1v) is 4.82. The van der Waals surface area contributed by atoms with Gasteiger partial charge in [0, 0.05) is 19.1 Å². The second-order valence-corrected chi connectivity index (χ2v) is 3.77. The van der Waals surface area contributed by atoms with Gasteiger partial charge in [-0.05, 0) is 33.2 Å². The van der Waals surface area contributed by atoms with E-state index < -0.39 is 0 Å². The second-order valence-electron chi connectivity index (χ2n) is 3.77. The SMILES string of the molecule is C/C=C(\C)CN1CCCC(N)C1. The maximum atomic E-state index is 5.88. The maximum Gasteiger partial charge on any atom is 0.0190 e. The van der Waals surface area contributed by atoms with Crippen LogP contribution in [0.5, 0.6) is 0 Å². The molecule has 1 aliphatic rings. The zero-order valence-corrected chi connectivity index (χ0v) is 8.21. The molecule has 1 rings (SSSR count). The lowest BCUT2D eigenvalue weighted by Gasteiger charge is -2.30. The standard InChI is InChI=1S/C10H20N2/c1-3-9(2)7-12-6-4-5-10(11)8-12/h3,10H,4-8,11H2,1-2H3/b9-3+. The van der Waals surface area contributed by atoms with Crippen LogP contribution in [0.1, 0.15) is 26.7 Å². The predicted molar refractivity (Wildman–Crippen MR) is 53.1 cm³/mol. The molecule has 1 unspecified atom stereocenters. The third-order valence-electron chi connectivity index (χ3n) is 2.51. The van der Waals surface area contributed by atoms with E-state index in [9.17, 15) is 0 Å². The molecule has 0 aromatic heterocycles. The predicted octanol–water partition coefficient (Wildman–Crippen LogP) is 1.38. The van der Waals surface area contributed by atoms with Crippen LogP contribution in [0.15, 0.2) is 11.6 Å². The maximum absolute atomic E-state index is 5.88. The molecule has 0 spiro atoms. The molecule has 1 atom stereocenters. The van der Waals surface area contributed by atoms with Crippen LogP contribution < -0.4 is 5.73 Å². The molecule has 1 heterocycles. The Kier molecular flexibility index (Phi) is 3.76. The summed E-state index contributed by atoms with van der Waals surface area (Å²) >= 11 is 0. The van der Waals surface area contributed by atoms with Crippen molar-refractivity contribution in [3.63, 3.8) is 0 Å². The van der Waals surface area contributed by atoms with Crippen LogP contribution in [0.2, 0.25) is 0 Å². The summed E-state index contributed by atoms with van der Waals surface area (Å²) in [6.07, 6.45) is 4.64. The number of piperidine rings is 1. The lowest BCUT2D eigenvalue weighted by molar-refractivity contribution is 0.225. The molecular formula is C10H20N2. The summed E-state index contributed by atoms with van der Waals surface area (Å²) in [6.45, 7) is 7.67. The molecule has 1 saturated heterocycles. The fourth-order valence-electron chi connectivity index (χ4n) is 1.68. The van der Waals surface area contributed by atoms with Gasteiger partial charge >= 0.3 is 0 Å². The molecule has 0 amide bonds. The topological polar surface area (TPSA) is 29.3 Å². The summed E-state index contributed by atoms with van der Waals surface area (Å²) in [7, 11) is 0. The van der Waals surface area contributed by atoms with Crippen molar-refractivity contribution in [2.45, 2.75) is 32.7 Å². The van der Waals surface area contributed by atoms with E-state index >= 15 is 0 Å². The fraction of sp³-hybridized carbons (Fsp3) is 0.800. The quantitative estimate of drug-likeness (QED) is 0.631. The zero-order chi connectivity index (χ0) is 8.97. The average Bonchev–Trinajstić information content (AvgIpc) is 2.04. The van der Waals surface area contributed by atoms with Crippen LogP contribution in [0.25, 0.3) is 0 Å². The Morgan fingerprint density at radius 3 is 3.00 bits per heavy atom. The Bertz CT molecular complexity index is 163. The van der Waals surface area contributed by atoms with Crippen molar-refractivity contribution in [1.82, 2.24) is 4.90 Å². The van der Waals surface area contributed by atoms with Gasteiger partial charge in [-0.2, -0.15) is 0 Å². The van der Waals surface area contributed by atoms with Crippen molar-refractivity contribution < 1.29 is 0 Å². The number of likely N-dealkylation sites (tertiary alicyclic amines) is 1. The highest BCUT2D eigenvalue weighted by Crippen LogP contribution is 2.09. The van der Waals surface area contributed by atoms with Crippen molar-refractivity contribution in [3.8, 4) is 0 Å². The zero-order valence-electron chi connectivity index (χ0n) is 8.21. The Hall–Kier alpha value is -0.340. The van der Waals surface area contributed by atoms with Crippen LogP contribution in [-0.4, -0.2) is 30.6 Å². The number of nitrogens with two attached hydrogens (primary N) is 1. The number of hydrogen-bond donors (Lipinski definition) is 1. The van der Waals surface area contributed by atoms with Crippen LogP contribution in [0, 0.1) is 0 Å².